The minimum absolute atomic E-state index is 0.0278. The van der Waals surface area contributed by atoms with Crippen molar-refractivity contribution in [2.24, 2.45) is 34.5 Å². The van der Waals surface area contributed by atoms with Crippen molar-refractivity contribution in [1.82, 2.24) is 0 Å². The summed E-state index contributed by atoms with van der Waals surface area (Å²) in [6.07, 6.45) is 10.0. The predicted octanol–water partition coefficient (Wildman–Crippen LogP) is 4.52. The van der Waals surface area contributed by atoms with E-state index in [4.69, 9.17) is 9.47 Å². The molecule has 1 saturated heterocycles. The number of ketones is 1. The third-order valence-electron chi connectivity index (χ3n) is 11.6. The molecule has 5 heteroatoms. The van der Waals surface area contributed by atoms with Gasteiger partial charge in [-0.1, -0.05) is 18.6 Å². The molecule has 0 aromatic carbocycles. The summed E-state index contributed by atoms with van der Waals surface area (Å²) in [4.78, 5) is 25.7. The normalized spacial score (nSPS) is 52.3. The van der Waals surface area contributed by atoms with Crippen LogP contribution in [-0.4, -0.2) is 40.3 Å². The number of carbonyl (C=O) groups excluding carboxylic acids is 2. The molecule has 6 rings (SSSR count). The van der Waals surface area contributed by atoms with Crippen molar-refractivity contribution in [3.63, 3.8) is 0 Å². The monoisotopic (exact) mass is 454 g/mol. The van der Waals surface area contributed by atoms with Crippen LogP contribution in [0.15, 0.2) is 23.3 Å². The molecule has 0 radical (unpaired) electrons. The zero-order chi connectivity index (χ0) is 23.6. The van der Waals surface area contributed by atoms with Crippen molar-refractivity contribution < 1.29 is 24.2 Å². The molecule has 0 unspecified atom stereocenters. The standard InChI is InChI=1S/C28H38O5/c1-15-13-22(32-24(30)16(15)2)27(5,31)20-9-8-18-17-14-23-28(33-23)11-6-7-21(29)26(28,4)19(17)10-12-25(18,20)3/h6-7,17-20,22-23,31H,8-14H2,1-5H3/t17-,18-,19-,20-,22+,23+,25-,26-,27+,28+/m0/s1. The van der Waals surface area contributed by atoms with Gasteiger partial charge >= 0.3 is 5.97 Å². The van der Waals surface area contributed by atoms with E-state index in [1.54, 1.807) is 6.08 Å². The zero-order valence-electron chi connectivity index (χ0n) is 20.6. The summed E-state index contributed by atoms with van der Waals surface area (Å²) in [7, 11) is 0. The Morgan fingerprint density at radius 3 is 2.61 bits per heavy atom. The van der Waals surface area contributed by atoms with Gasteiger partial charge in [-0.25, -0.2) is 4.79 Å². The second-order valence-electron chi connectivity index (χ2n) is 12.7. The van der Waals surface area contributed by atoms with Gasteiger partial charge < -0.3 is 14.6 Å². The number of epoxide rings is 1. The molecule has 4 aliphatic carbocycles. The fourth-order valence-corrected chi connectivity index (χ4v) is 9.48. The van der Waals surface area contributed by atoms with Crippen LogP contribution in [0.25, 0.3) is 0 Å². The van der Waals surface area contributed by atoms with Gasteiger partial charge in [-0.3, -0.25) is 4.79 Å². The lowest BCUT2D eigenvalue weighted by atomic mass is 9.44. The minimum Gasteiger partial charge on any atom is -0.456 e. The number of cyclic esters (lactones) is 1. The number of hydrogen-bond acceptors (Lipinski definition) is 5. The van der Waals surface area contributed by atoms with Crippen LogP contribution in [0.5, 0.6) is 0 Å². The van der Waals surface area contributed by atoms with Gasteiger partial charge in [0.05, 0.1) is 11.5 Å². The van der Waals surface area contributed by atoms with E-state index in [2.05, 4.69) is 13.8 Å². The second-order valence-corrected chi connectivity index (χ2v) is 12.7. The highest BCUT2D eigenvalue weighted by Crippen LogP contribution is 2.73. The van der Waals surface area contributed by atoms with Crippen LogP contribution < -0.4 is 0 Å². The molecule has 6 aliphatic rings. The van der Waals surface area contributed by atoms with Gasteiger partial charge in [0, 0.05) is 12.0 Å². The SMILES string of the molecule is CC1=C(C)C(=O)O[C@@H]([C@](C)(O)[C@H]2CC[C@H]3[C@@H]4C[C@H]5O[C@]56CC=CC(=O)[C@]6(C)[C@H]4CC[C@]23C)C1. The van der Waals surface area contributed by atoms with Crippen LogP contribution in [0.1, 0.15) is 79.6 Å². The second kappa shape index (κ2) is 6.60. The van der Waals surface area contributed by atoms with E-state index in [-0.39, 0.29) is 34.8 Å². The van der Waals surface area contributed by atoms with Gasteiger partial charge in [0.1, 0.15) is 17.3 Å². The first-order valence-electron chi connectivity index (χ1n) is 13.0. The molecule has 2 aliphatic heterocycles. The molecular weight excluding hydrogens is 416 g/mol. The summed E-state index contributed by atoms with van der Waals surface area (Å²) in [5.74, 6) is 1.28. The summed E-state index contributed by atoms with van der Waals surface area (Å²) in [6, 6.07) is 0. The number of aliphatic hydroxyl groups is 1. The lowest BCUT2D eigenvalue weighted by molar-refractivity contribution is -0.183. The van der Waals surface area contributed by atoms with Gasteiger partial charge in [-0.2, -0.15) is 0 Å². The number of esters is 1. The molecule has 3 saturated carbocycles. The highest BCUT2D eigenvalue weighted by molar-refractivity contribution is 5.97. The Morgan fingerprint density at radius 2 is 1.88 bits per heavy atom. The first-order chi connectivity index (χ1) is 15.5. The summed E-state index contributed by atoms with van der Waals surface area (Å²) < 4.78 is 12.1. The minimum atomic E-state index is -1.07. The summed E-state index contributed by atoms with van der Waals surface area (Å²) in [5.41, 5.74) is -0.0977. The summed E-state index contributed by atoms with van der Waals surface area (Å²) in [6.45, 7) is 10.2. The van der Waals surface area contributed by atoms with Crippen molar-refractivity contribution in [3.8, 4) is 0 Å². The van der Waals surface area contributed by atoms with Crippen molar-refractivity contribution in [3.05, 3.63) is 23.3 Å². The summed E-state index contributed by atoms with van der Waals surface area (Å²) in [5, 5.41) is 11.9. The summed E-state index contributed by atoms with van der Waals surface area (Å²) >= 11 is 0. The third kappa shape index (κ3) is 2.56. The largest absolute Gasteiger partial charge is 0.456 e. The quantitative estimate of drug-likeness (QED) is 0.490. The maximum Gasteiger partial charge on any atom is 0.334 e. The number of allylic oxidation sites excluding steroid dienone is 1. The number of carbonyl (C=O) groups is 2. The van der Waals surface area contributed by atoms with Crippen molar-refractivity contribution in [1.29, 1.82) is 0 Å². The Kier molecular flexibility index (Phi) is 4.41. The van der Waals surface area contributed by atoms with Crippen molar-refractivity contribution in [2.45, 2.75) is 103 Å². The van der Waals surface area contributed by atoms with Crippen LogP contribution in [0, 0.1) is 34.5 Å². The van der Waals surface area contributed by atoms with Gasteiger partial charge in [0.2, 0.25) is 0 Å². The van der Waals surface area contributed by atoms with Gasteiger partial charge in [0.15, 0.2) is 5.78 Å². The van der Waals surface area contributed by atoms with E-state index < -0.39 is 17.1 Å². The van der Waals surface area contributed by atoms with E-state index in [1.807, 2.05) is 26.8 Å². The molecule has 0 aromatic heterocycles. The Balaban J connectivity index is 1.31. The zero-order valence-corrected chi connectivity index (χ0v) is 20.6. The number of hydrogen-bond donors (Lipinski definition) is 1. The maximum atomic E-state index is 13.3. The highest BCUT2D eigenvalue weighted by Gasteiger charge is 2.77. The lowest BCUT2D eigenvalue weighted by Crippen LogP contribution is -2.61. The Morgan fingerprint density at radius 1 is 1.12 bits per heavy atom. The third-order valence-corrected chi connectivity index (χ3v) is 11.6. The van der Waals surface area contributed by atoms with E-state index in [9.17, 15) is 14.7 Å². The first-order valence-corrected chi connectivity index (χ1v) is 13.0. The molecule has 33 heavy (non-hydrogen) atoms. The molecule has 4 fully saturated rings. The molecule has 0 bridgehead atoms. The topological polar surface area (TPSA) is 76.1 Å². The average Bonchev–Trinajstić information content (AvgIpc) is 3.34. The predicted molar refractivity (Wildman–Crippen MR) is 123 cm³/mol. The van der Waals surface area contributed by atoms with Crippen molar-refractivity contribution in [2.75, 3.05) is 0 Å². The molecule has 0 amide bonds. The van der Waals surface area contributed by atoms with E-state index in [1.165, 1.54) is 0 Å². The van der Waals surface area contributed by atoms with Gasteiger partial charge in [-0.05, 0) is 101 Å². The Labute approximate surface area is 197 Å². The van der Waals surface area contributed by atoms with Gasteiger partial charge in [0.25, 0.3) is 0 Å². The molecule has 0 aromatic rings. The Bertz CT molecular complexity index is 992. The number of fused-ring (bicyclic) bond motifs is 4. The van der Waals surface area contributed by atoms with Crippen LogP contribution in [0.2, 0.25) is 0 Å². The molecule has 5 nitrogen and oxygen atoms in total. The fourth-order valence-electron chi connectivity index (χ4n) is 9.48. The molecule has 2 heterocycles. The molecule has 1 spiro atoms. The van der Waals surface area contributed by atoms with Crippen molar-refractivity contribution >= 4 is 11.8 Å². The van der Waals surface area contributed by atoms with Gasteiger partial charge in [-0.15, -0.1) is 0 Å². The highest BCUT2D eigenvalue weighted by atomic mass is 16.6. The number of rotatable bonds is 2. The maximum absolute atomic E-state index is 13.3. The smallest absolute Gasteiger partial charge is 0.334 e. The van der Waals surface area contributed by atoms with E-state index in [0.29, 0.717) is 29.7 Å². The van der Waals surface area contributed by atoms with Crippen LogP contribution in [-0.2, 0) is 19.1 Å². The average molecular weight is 455 g/mol. The van der Waals surface area contributed by atoms with Crippen LogP contribution >= 0.6 is 0 Å². The molecule has 1 N–H and O–H groups in total. The molecule has 10 atom stereocenters. The molecule has 180 valence electrons. The number of ether oxygens (including phenoxy) is 2. The van der Waals surface area contributed by atoms with Crippen LogP contribution in [0.4, 0.5) is 0 Å². The Hall–Kier alpha value is -1.46. The molecular formula is C28H38O5. The van der Waals surface area contributed by atoms with E-state index >= 15 is 0 Å². The lowest BCUT2D eigenvalue weighted by Gasteiger charge is -2.58. The van der Waals surface area contributed by atoms with Crippen LogP contribution in [0.3, 0.4) is 0 Å². The van der Waals surface area contributed by atoms with E-state index in [0.717, 1.165) is 44.1 Å². The first kappa shape index (κ1) is 22.0. The fraction of sp³-hybridized carbons (Fsp3) is 0.786.